The van der Waals surface area contributed by atoms with Gasteiger partial charge in [0.05, 0.1) is 26.5 Å². The first-order chi connectivity index (χ1) is 9.72. The first-order valence-corrected chi connectivity index (χ1v) is 6.25. The van der Waals surface area contributed by atoms with E-state index in [1.54, 1.807) is 27.5 Å². The lowest BCUT2D eigenvalue weighted by Crippen LogP contribution is -2.09. The van der Waals surface area contributed by atoms with Crippen LogP contribution in [0.15, 0.2) is 18.3 Å². The normalized spacial score (nSPS) is 10.6. The zero-order valence-electron chi connectivity index (χ0n) is 11.9. The van der Waals surface area contributed by atoms with Crippen molar-refractivity contribution in [1.29, 1.82) is 0 Å². The van der Waals surface area contributed by atoms with Crippen LogP contribution < -0.4 is 20.5 Å². The minimum atomic E-state index is 0.536. The van der Waals surface area contributed by atoms with E-state index in [-0.39, 0.29) is 0 Å². The van der Waals surface area contributed by atoms with E-state index in [0.29, 0.717) is 30.3 Å². The van der Waals surface area contributed by atoms with Crippen molar-refractivity contribution in [2.45, 2.75) is 0 Å². The molecule has 0 aliphatic rings. The van der Waals surface area contributed by atoms with E-state index < -0.39 is 0 Å². The second kappa shape index (κ2) is 6.29. The lowest BCUT2D eigenvalue weighted by atomic mass is 10.1. The van der Waals surface area contributed by atoms with Crippen LogP contribution in [0.4, 0.5) is 11.5 Å². The van der Waals surface area contributed by atoms with Gasteiger partial charge in [0.15, 0.2) is 11.5 Å². The Balaban J connectivity index is 2.53. The number of nitrogens with two attached hydrogens (primary N) is 1. The van der Waals surface area contributed by atoms with Crippen LogP contribution in [0.3, 0.4) is 0 Å². The molecule has 3 N–H and O–H groups in total. The van der Waals surface area contributed by atoms with Crippen molar-refractivity contribution < 1.29 is 14.2 Å². The van der Waals surface area contributed by atoms with Crippen LogP contribution in [0.1, 0.15) is 0 Å². The Bertz CT molecular complexity index is 602. The first-order valence-electron chi connectivity index (χ1n) is 6.25. The molecule has 0 atom stereocenters. The van der Waals surface area contributed by atoms with Crippen molar-refractivity contribution in [3.05, 3.63) is 18.3 Å². The number of nitrogen functional groups attached to an aromatic ring is 1. The molecule has 0 saturated carbocycles. The molecule has 0 fully saturated rings. The summed E-state index contributed by atoms with van der Waals surface area (Å²) in [7, 11) is 4.81. The van der Waals surface area contributed by atoms with Crippen LogP contribution in [0.2, 0.25) is 0 Å². The maximum Gasteiger partial charge on any atom is 0.184 e. The van der Waals surface area contributed by atoms with Crippen molar-refractivity contribution in [1.82, 2.24) is 4.98 Å². The topological polar surface area (TPSA) is 78.6 Å². The number of hydrogen-bond acceptors (Lipinski definition) is 6. The lowest BCUT2D eigenvalue weighted by Gasteiger charge is -2.15. The maximum absolute atomic E-state index is 6.14. The van der Waals surface area contributed by atoms with Gasteiger partial charge in [0, 0.05) is 30.6 Å². The van der Waals surface area contributed by atoms with Crippen LogP contribution in [-0.4, -0.2) is 39.5 Å². The van der Waals surface area contributed by atoms with E-state index >= 15 is 0 Å². The van der Waals surface area contributed by atoms with Gasteiger partial charge in [-0.25, -0.2) is 4.98 Å². The average Bonchev–Trinajstić information content (AvgIpc) is 2.47. The predicted octanol–water partition coefficient (Wildman–Crippen LogP) is 1.89. The molecule has 108 valence electrons. The first kappa shape index (κ1) is 14.2. The second-order valence-electron chi connectivity index (χ2n) is 4.20. The highest BCUT2D eigenvalue weighted by Crippen LogP contribution is 2.41. The zero-order chi connectivity index (χ0) is 14.5. The third-order valence-electron chi connectivity index (χ3n) is 3.05. The van der Waals surface area contributed by atoms with Gasteiger partial charge in [-0.3, -0.25) is 0 Å². The van der Waals surface area contributed by atoms with Gasteiger partial charge >= 0.3 is 0 Å². The number of nitrogens with zero attached hydrogens (tertiary/aromatic N) is 1. The molecule has 6 heteroatoms. The average molecular weight is 277 g/mol. The molecule has 6 nitrogen and oxygen atoms in total. The maximum atomic E-state index is 6.14. The van der Waals surface area contributed by atoms with Crippen LogP contribution in [0.5, 0.6) is 11.5 Å². The highest BCUT2D eigenvalue weighted by Gasteiger charge is 2.14. The van der Waals surface area contributed by atoms with Gasteiger partial charge < -0.3 is 25.3 Å². The summed E-state index contributed by atoms with van der Waals surface area (Å²) in [6.07, 6.45) is 1.71. The Labute approximate surface area is 117 Å². The Hall–Kier alpha value is -2.21. The van der Waals surface area contributed by atoms with Gasteiger partial charge in [-0.05, 0) is 12.1 Å². The summed E-state index contributed by atoms with van der Waals surface area (Å²) in [5.41, 5.74) is 6.69. The van der Waals surface area contributed by atoms with Gasteiger partial charge in [-0.2, -0.15) is 0 Å². The number of anilines is 2. The van der Waals surface area contributed by atoms with E-state index in [9.17, 15) is 0 Å². The van der Waals surface area contributed by atoms with Gasteiger partial charge in [-0.15, -0.1) is 0 Å². The number of rotatable bonds is 6. The van der Waals surface area contributed by atoms with Crippen LogP contribution in [0, 0.1) is 0 Å². The van der Waals surface area contributed by atoms with Crippen molar-refractivity contribution in [2.75, 3.05) is 45.5 Å². The highest BCUT2D eigenvalue weighted by atomic mass is 16.5. The van der Waals surface area contributed by atoms with Crippen molar-refractivity contribution in [3.8, 4) is 11.5 Å². The molecule has 0 aliphatic heterocycles. The van der Waals surface area contributed by atoms with Crippen LogP contribution in [-0.2, 0) is 4.74 Å². The Morgan fingerprint density at radius 1 is 1.20 bits per heavy atom. The van der Waals surface area contributed by atoms with Gasteiger partial charge in [-0.1, -0.05) is 0 Å². The van der Waals surface area contributed by atoms with Crippen molar-refractivity contribution in [2.24, 2.45) is 0 Å². The molecule has 0 unspecified atom stereocenters. The molecule has 0 bridgehead atoms. The molecule has 1 aromatic heterocycles. The summed E-state index contributed by atoms with van der Waals surface area (Å²) in [6.45, 7) is 1.26. The van der Waals surface area contributed by atoms with E-state index in [4.69, 9.17) is 19.9 Å². The molecule has 20 heavy (non-hydrogen) atoms. The highest BCUT2D eigenvalue weighted by molar-refractivity contribution is 6.03. The van der Waals surface area contributed by atoms with E-state index in [0.717, 1.165) is 16.6 Å². The minimum Gasteiger partial charge on any atom is -0.493 e. The second-order valence-corrected chi connectivity index (χ2v) is 4.20. The molecule has 0 amide bonds. The van der Waals surface area contributed by atoms with Gasteiger partial charge in [0.25, 0.3) is 0 Å². The summed E-state index contributed by atoms with van der Waals surface area (Å²) in [5.74, 6) is 1.86. The summed E-state index contributed by atoms with van der Waals surface area (Å²) in [5, 5.41) is 4.98. The molecule has 1 heterocycles. The van der Waals surface area contributed by atoms with Crippen molar-refractivity contribution >= 4 is 22.3 Å². The molecule has 2 rings (SSSR count). The summed E-state index contributed by atoms with van der Waals surface area (Å²) < 4.78 is 15.6. The zero-order valence-corrected chi connectivity index (χ0v) is 11.9. The summed E-state index contributed by atoms with van der Waals surface area (Å²) in [4.78, 5) is 4.33. The van der Waals surface area contributed by atoms with E-state index in [2.05, 4.69) is 10.3 Å². The fourth-order valence-corrected chi connectivity index (χ4v) is 2.08. The van der Waals surface area contributed by atoms with Gasteiger partial charge in [0.2, 0.25) is 0 Å². The van der Waals surface area contributed by atoms with E-state index in [1.807, 2.05) is 12.1 Å². The van der Waals surface area contributed by atoms with E-state index in [1.165, 1.54) is 0 Å². The molecule has 2 aromatic rings. The van der Waals surface area contributed by atoms with Crippen LogP contribution >= 0.6 is 0 Å². The minimum absolute atomic E-state index is 0.536. The Kier molecular flexibility index (Phi) is 4.47. The number of ether oxygens (including phenoxy) is 3. The molecule has 0 saturated heterocycles. The van der Waals surface area contributed by atoms with Crippen molar-refractivity contribution in [3.63, 3.8) is 0 Å². The molecule has 1 aromatic carbocycles. The number of aromatic nitrogens is 1. The largest absolute Gasteiger partial charge is 0.493 e. The quantitative estimate of drug-likeness (QED) is 0.620. The predicted molar refractivity (Wildman–Crippen MR) is 79.6 cm³/mol. The number of benzene rings is 1. The molecule has 0 aliphatic carbocycles. The molecular formula is C14H19N3O3. The summed E-state index contributed by atoms with van der Waals surface area (Å²) in [6, 6.07) is 3.72. The van der Waals surface area contributed by atoms with Gasteiger partial charge in [0.1, 0.15) is 5.82 Å². The third-order valence-corrected chi connectivity index (χ3v) is 3.05. The molecule has 0 radical (unpaired) electrons. The third kappa shape index (κ3) is 2.55. The fraction of sp³-hybridized carbons (Fsp3) is 0.357. The molecular weight excluding hydrogens is 258 g/mol. The number of nitrogens with one attached hydrogen (secondary N) is 1. The smallest absolute Gasteiger partial charge is 0.184 e. The Morgan fingerprint density at radius 3 is 2.65 bits per heavy atom. The Morgan fingerprint density at radius 2 is 2.00 bits per heavy atom. The number of pyridine rings is 1. The number of fused-ring (bicyclic) bond motifs is 1. The van der Waals surface area contributed by atoms with Crippen LogP contribution in [0.25, 0.3) is 10.8 Å². The standard InChI is InChI=1S/C14H19N3O3/c1-18-7-6-17-14-10-8-11(19-2)13(20-3)12(15)9(10)4-5-16-14/h4-5,8H,6-7,15H2,1-3H3,(H,16,17). The number of hydrogen-bond donors (Lipinski definition) is 2. The monoisotopic (exact) mass is 277 g/mol. The fourth-order valence-electron chi connectivity index (χ4n) is 2.08. The molecule has 0 spiro atoms. The lowest BCUT2D eigenvalue weighted by molar-refractivity contribution is 0.210. The summed E-state index contributed by atoms with van der Waals surface area (Å²) >= 11 is 0. The SMILES string of the molecule is COCCNc1nccc2c(N)c(OC)c(OC)cc12. The number of methoxy groups -OCH3 is 3.